The molecule has 0 saturated carbocycles. The van der Waals surface area contributed by atoms with Crippen molar-refractivity contribution in [3.05, 3.63) is 95.3 Å². The summed E-state index contributed by atoms with van der Waals surface area (Å²) in [6.45, 7) is 4.01. The van der Waals surface area contributed by atoms with E-state index in [0.29, 0.717) is 18.2 Å². The van der Waals surface area contributed by atoms with E-state index in [4.69, 9.17) is 69.3 Å². The number of halogens is 2. The third-order valence-corrected chi connectivity index (χ3v) is 13.0. The number of methoxy groups -OCH3 is 4. The predicted octanol–water partition coefficient (Wildman–Crippen LogP) is 7.76. The SMILES string of the molecule is COC1=C(c2ccc(OC)cc2)C=C(C2=N[C@](C)(C[C@@]3(C)N=C(c4ccc(OC)c(-c5ccc(OC)cc5)c4)O[CH]3[Ni])[CH]([Ni])O2)C(Br)C1Br. The Morgan fingerprint density at radius 1 is 0.673 bits per heavy atom. The summed E-state index contributed by atoms with van der Waals surface area (Å²) in [5, 5.41) is -1.21. The molecule has 0 amide bonds. The standard InChI is InChI=1S/C37H36Br2N2O6.2Ni/c1-36(20-46-34(40-36)24-11-16-30(44-5)27(17-24)22-7-12-25(42-3)13-8-22)19-37(2)21-47-35(41-37)29-18-28(33(45-6)32(39)31(29)38)23-9-14-26(43-4)15-10-23;;/h7-18,20-21,31-32H,19H2,1-6H3;;/t31?,32?,36-,37-;;/m1../s1. The number of alkyl halides is 2. The number of rotatable bonds is 10. The van der Waals surface area contributed by atoms with Crippen LogP contribution in [0.15, 0.2) is 94.1 Å². The summed E-state index contributed by atoms with van der Waals surface area (Å²) in [6.07, 6.45) is 2.49. The van der Waals surface area contributed by atoms with Crippen LogP contribution in [0.1, 0.15) is 31.4 Å². The molecule has 0 radical (unpaired) electrons. The van der Waals surface area contributed by atoms with Crippen molar-refractivity contribution in [2.75, 3.05) is 28.4 Å². The topological polar surface area (TPSA) is 80.1 Å². The molecule has 0 fully saturated rings. The maximum atomic E-state index is 6.37. The Bertz CT molecular complexity index is 1850. The van der Waals surface area contributed by atoms with Gasteiger partial charge >= 0.3 is 322 Å². The van der Waals surface area contributed by atoms with Crippen LogP contribution in [-0.4, -0.2) is 71.1 Å². The summed E-state index contributed by atoms with van der Waals surface area (Å²) in [4.78, 5) is 9.88. The fourth-order valence-electron chi connectivity index (χ4n) is 6.24. The van der Waals surface area contributed by atoms with Gasteiger partial charge in [-0.2, -0.15) is 0 Å². The van der Waals surface area contributed by atoms with E-state index < -0.39 is 21.2 Å². The van der Waals surface area contributed by atoms with Crippen molar-refractivity contribution in [2.45, 2.75) is 51.1 Å². The first-order valence-electron chi connectivity index (χ1n) is 15.4. The van der Waals surface area contributed by atoms with Gasteiger partial charge in [0.1, 0.15) is 0 Å². The number of ether oxygens (including phenoxy) is 6. The third-order valence-electron chi connectivity index (χ3n) is 8.83. The second-order valence-corrected chi connectivity index (χ2v) is 15.3. The van der Waals surface area contributed by atoms with Gasteiger partial charge in [0.15, 0.2) is 0 Å². The Balaban J connectivity index is 1.31. The molecule has 0 spiro atoms. The molecule has 12 heteroatoms. The van der Waals surface area contributed by atoms with Crippen LogP contribution in [0.4, 0.5) is 0 Å². The van der Waals surface area contributed by atoms with Crippen LogP contribution in [0.2, 0.25) is 0 Å². The summed E-state index contributed by atoms with van der Waals surface area (Å²) in [5.74, 6) is 4.03. The van der Waals surface area contributed by atoms with E-state index in [1.807, 2.05) is 86.7 Å². The summed E-state index contributed by atoms with van der Waals surface area (Å²) in [6, 6.07) is 21.5. The molecular weight excluding hydrogens is 846 g/mol. The molecular formula is C37H36Br2N2Ni2O6. The summed E-state index contributed by atoms with van der Waals surface area (Å²) >= 11 is 18.7. The van der Waals surface area contributed by atoms with E-state index in [0.717, 1.165) is 56.4 Å². The van der Waals surface area contributed by atoms with E-state index in [1.54, 1.807) is 28.4 Å². The van der Waals surface area contributed by atoms with E-state index in [2.05, 4.69) is 31.9 Å². The predicted molar refractivity (Wildman–Crippen MR) is 191 cm³/mol. The van der Waals surface area contributed by atoms with Crippen molar-refractivity contribution in [2.24, 2.45) is 9.98 Å². The number of hydrogen-bond donors (Lipinski definition) is 0. The summed E-state index contributed by atoms with van der Waals surface area (Å²) in [5.41, 5.74) is 3.86. The molecule has 8 nitrogen and oxygen atoms in total. The summed E-state index contributed by atoms with van der Waals surface area (Å²) in [7, 11) is 6.62. The molecule has 6 rings (SSSR count). The second kappa shape index (κ2) is 14.5. The molecule has 3 aromatic carbocycles. The van der Waals surface area contributed by atoms with Crippen LogP contribution in [0, 0.1) is 0 Å². The number of aliphatic imine (C=N–C) groups is 2. The second-order valence-electron chi connectivity index (χ2n) is 12.3. The minimum atomic E-state index is -0.786. The molecule has 4 unspecified atom stereocenters. The van der Waals surface area contributed by atoms with Crippen LogP contribution < -0.4 is 14.2 Å². The molecule has 0 bridgehead atoms. The van der Waals surface area contributed by atoms with Gasteiger partial charge in [-0.1, -0.05) is 0 Å². The third kappa shape index (κ3) is 6.96. The normalized spacial score (nSPS) is 27.9. The summed E-state index contributed by atoms with van der Waals surface area (Å²) < 4.78 is 34.9. The van der Waals surface area contributed by atoms with Gasteiger partial charge in [-0.3, -0.25) is 0 Å². The van der Waals surface area contributed by atoms with Crippen molar-refractivity contribution in [3.8, 4) is 28.4 Å². The molecule has 49 heavy (non-hydrogen) atoms. The van der Waals surface area contributed by atoms with Crippen molar-refractivity contribution in [1.29, 1.82) is 0 Å². The van der Waals surface area contributed by atoms with Gasteiger partial charge in [0.05, 0.1) is 0 Å². The zero-order chi connectivity index (χ0) is 35.1. The van der Waals surface area contributed by atoms with Crippen molar-refractivity contribution >= 4 is 49.2 Å². The van der Waals surface area contributed by atoms with Crippen LogP contribution in [0.25, 0.3) is 16.7 Å². The number of benzene rings is 3. The molecule has 1 aliphatic carbocycles. The first kappa shape index (κ1) is 36.0. The first-order chi connectivity index (χ1) is 23.4. The molecule has 0 aromatic heterocycles. The van der Waals surface area contributed by atoms with Crippen LogP contribution >= 0.6 is 31.9 Å². The van der Waals surface area contributed by atoms with E-state index in [1.165, 1.54) is 0 Å². The Kier molecular flexibility index (Phi) is 10.6. The fraction of sp³-hybridized carbons (Fsp3) is 0.351. The molecule has 0 N–H and O–H groups in total. The zero-order valence-corrected chi connectivity index (χ0v) is 32.8. The van der Waals surface area contributed by atoms with Crippen molar-refractivity contribution in [1.82, 2.24) is 0 Å². The van der Waals surface area contributed by atoms with Gasteiger partial charge in [0, 0.05) is 0 Å². The van der Waals surface area contributed by atoms with Gasteiger partial charge in [-0.15, -0.1) is 0 Å². The quantitative estimate of drug-likeness (QED) is 0.153. The number of nitrogens with zero attached hydrogens (tertiary/aromatic N) is 2. The average Bonchev–Trinajstić information content (AvgIpc) is 3.57. The van der Waals surface area contributed by atoms with Crippen molar-refractivity contribution < 1.29 is 59.4 Å². The first-order valence-corrected chi connectivity index (χ1v) is 18.4. The average molecular weight is 882 g/mol. The Morgan fingerprint density at radius 2 is 1.20 bits per heavy atom. The molecule has 6 atom stereocenters. The molecule has 2 aliphatic heterocycles. The fourth-order valence-corrected chi connectivity index (χ4v) is 8.08. The Hall–Kier alpha value is -2.77. The molecule has 2 heterocycles. The van der Waals surface area contributed by atoms with Gasteiger partial charge < -0.3 is 0 Å². The van der Waals surface area contributed by atoms with Gasteiger partial charge in [-0.25, -0.2) is 0 Å². The van der Waals surface area contributed by atoms with Gasteiger partial charge in [-0.05, 0) is 0 Å². The Labute approximate surface area is 319 Å². The molecule has 3 aliphatic rings. The molecule has 0 saturated heterocycles. The van der Waals surface area contributed by atoms with Gasteiger partial charge in [0.2, 0.25) is 0 Å². The van der Waals surface area contributed by atoms with Gasteiger partial charge in [0.25, 0.3) is 0 Å². The Morgan fingerprint density at radius 3 is 1.76 bits per heavy atom. The monoisotopic (exact) mass is 878 g/mol. The van der Waals surface area contributed by atoms with Crippen LogP contribution in [0.3, 0.4) is 0 Å². The van der Waals surface area contributed by atoms with E-state index in [-0.39, 0.29) is 9.65 Å². The van der Waals surface area contributed by atoms with E-state index in [9.17, 15) is 0 Å². The molecule has 264 valence electrons. The zero-order valence-electron chi connectivity index (χ0n) is 27.7. The van der Waals surface area contributed by atoms with Crippen LogP contribution in [-0.2, 0) is 45.1 Å². The number of hydrogen-bond acceptors (Lipinski definition) is 8. The minimum absolute atomic E-state index is 0.181. The molecule has 3 aromatic rings. The van der Waals surface area contributed by atoms with Crippen molar-refractivity contribution in [3.63, 3.8) is 0 Å². The number of allylic oxidation sites excluding steroid dienone is 3. The maximum absolute atomic E-state index is 6.37. The van der Waals surface area contributed by atoms with E-state index >= 15 is 0 Å². The van der Waals surface area contributed by atoms with Crippen LogP contribution in [0.5, 0.6) is 17.2 Å².